The maximum absolute atomic E-state index is 12.1. The molecule has 124 valence electrons. The van der Waals surface area contributed by atoms with Gasteiger partial charge in [-0.3, -0.25) is 9.59 Å². The highest BCUT2D eigenvalue weighted by atomic mass is 16.2. The van der Waals surface area contributed by atoms with Crippen LogP contribution in [0.4, 0.5) is 5.69 Å². The predicted molar refractivity (Wildman–Crippen MR) is 93.2 cm³/mol. The molecule has 0 spiro atoms. The Kier molecular flexibility index (Phi) is 4.91. The van der Waals surface area contributed by atoms with Gasteiger partial charge in [0.2, 0.25) is 11.8 Å². The zero-order valence-corrected chi connectivity index (χ0v) is 13.4. The van der Waals surface area contributed by atoms with Crippen LogP contribution in [-0.4, -0.2) is 18.4 Å². The number of carbonyl (C=O) groups is 2. The van der Waals surface area contributed by atoms with Crippen molar-refractivity contribution in [2.45, 2.75) is 25.4 Å². The highest BCUT2D eigenvalue weighted by molar-refractivity contribution is 5.95. The fourth-order valence-corrected chi connectivity index (χ4v) is 2.83. The second-order valence-electron chi connectivity index (χ2n) is 5.92. The molecule has 1 aliphatic rings. The van der Waals surface area contributed by atoms with E-state index in [-0.39, 0.29) is 11.8 Å². The Morgan fingerprint density at radius 1 is 1.12 bits per heavy atom. The molecule has 1 unspecified atom stereocenters. The van der Waals surface area contributed by atoms with E-state index in [0.29, 0.717) is 13.0 Å². The van der Waals surface area contributed by atoms with Gasteiger partial charge in [0.25, 0.3) is 0 Å². The largest absolute Gasteiger partial charge is 0.350 e. The number of hydrogen-bond acceptors (Lipinski definition) is 3. The third-order valence-electron chi connectivity index (χ3n) is 4.23. The van der Waals surface area contributed by atoms with E-state index >= 15 is 0 Å². The van der Waals surface area contributed by atoms with Crippen molar-refractivity contribution in [1.82, 2.24) is 5.32 Å². The Labute approximate surface area is 141 Å². The van der Waals surface area contributed by atoms with Crippen molar-refractivity contribution in [2.24, 2.45) is 5.73 Å². The second kappa shape index (κ2) is 7.27. The molecular weight excluding hydrogens is 302 g/mol. The summed E-state index contributed by atoms with van der Waals surface area (Å²) >= 11 is 0. The summed E-state index contributed by atoms with van der Waals surface area (Å²) < 4.78 is 0. The number of rotatable bonds is 5. The topological polar surface area (TPSA) is 75.4 Å². The molecule has 24 heavy (non-hydrogen) atoms. The van der Waals surface area contributed by atoms with E-state index in [1.54, 1.807) is 4.90 Å². The number of nitrogens with one attached hydrogen (secondary N) is 1. The van der Waals surface area contributed by atoms with Gasteiger partial charge in [-0.25, -0.2) is 0 Å². The first-order chi connectivity index (χ1) is 11.6. The van der Waals surface area contributed by atoms with Crippen LogP contribution in [0.25, 0.3) is 0 Å². The van der Waals surface area contributed by atoms with Crippen LogP contribution >= 0.6 is 0 Å². The highest BCUT2D eigenvalue weighted by Crippen LogP contribution is 2.21. The minimum atomic E-state index is -0.673. The molecule has 1 atom stereocenters. The van der Waals surface area contributed by atoms with Crippen LogP contribution in [0.15, 0.2) is 54.6 Å². The normalized spacial score (nSPS) is 15.4. The van der Waals surface area contributed by atoms with Crippen LogP contribution in [0.2, 0.25) is 0 Å². The van der Waals surface area contributed by atoms with E-state index in [2.05, 4.69) is 5.32 Å². The number of carbonyl (C=O) groups excluding carboxylic acids is 2. The van der Waals surface area contributed by atoms with Crippen LogP contribution in [0.5, 0.6) is 0 Å². The van der Waals surface area contributed by atoms with Crippen molar-refractivity contribution in [3.63, 3.8) is 0 Å². The minimum absolute atomic E-state index is 0.171. The molecule has 0 aliphatic carbocycles. The summed E-state index contributed by atoms with van der Waals surface area (Å²) in [5.74, 6) is -0.0371. The average Bonchev–Trinajstić information content (AvgIpc) is 3.06. The Balaban J connectivity index is 1.56. The van der Waals surface area contributed by atoms with Crippen molar-refractivity contribution in [2.75, 3.05) is 11.4 Å². The van der Waals surface area contributed by atoms with Crippen LogP contribution in [0, 0.1) is 0 Å². The van der Waals surface area contributed by atoms with E-state index in [4.69, 9.17) is 5.73 Å². The summed E-state index contributed by atoms with van der Waals surface area (Å²) in [5, 5.41) is 2.85. The van der Waals surface area contributed by atoms with Crippen molar-refractivity contribution in [3.8, 4) is 0 Å². The summed E-state index contributed by atoms with van der Waals surface area (Å²) in [6.45, 7) is 1.19. The predicted octanol–water partition coefficient (Wildman–Crippen LogP) is 2.13. The standard InChI is InChI=1S/C19H21N3O2/c20-18(15-5-2-1-3-6-15)19(24)21-13-14-8-10-16(11-9-14)22-12-4-7-17(22)23/h1-3,5-6,8-11,18H,4,7,12-13,20H2,(H,21,24). The molecule has 1 heterocycles. The van der Waals surface area contributed by atoms with E-state index in [0.717, 1.165) is 29.8 Å². The van der Waals surface area contributed by atoms with Crippen LogP contribution in [0.3, 0.4) is 0 Å². The molecular formula is C19H21N3O2. The fraction of sp³-hybridized carbons (Fsp3) is 0.263. The molecule has 1 saturated heterocycles. The first kappa shape index (κ1) is 16.2. The van der Waals surface area contributed by atoms with Gasteiger partial charge >= 0.3 is 0 Å². The number of hydrogen-bond donors (Lipinski definition) is 2. The lowest BCUT2D eigenvalue weighted by molar-refractivity contribution is -0.122. The number of nitrogens with zero attached hydrogens (tertiary/aromatic N) is 1. The van der Waals surface area contributed by atoms with Gasteiger partial charge in [0.15, 0.2) is 0 Å². The van der Waals surface area contributed by atoms with Crippen molar-refractivity contribution in [1.29, 1.82) is 0 Å². The van der Waals surface area contributed by atoms with Gasteiger partial charge in [-0.15, -0.1) is 0 Å². The molecule has 2 amide bonds. The van der Waals surface area contributed by atoms with Gasteiger partial charge in [0.05, 0.1) is 0 Å². The average molecular weight is 323 g/mol. The Bertz CT molecular complexity index is 713. The van der Waals surface area contributed by atoms with Gasteiger partial charge in [-0.2, -0.15) is 0 Å². The molecule has 1 aliphatic heterocycles. The molecule has 5 heteroatoms. The maximum Gasteiger partial charge on any atom is 0.241 e. The summed E-state index contributed by atoms with van der Waals surface area (Å²) in [5.41, 5.74) is 8.64. The van der Waals surface area contributed by atoms with Gasteiger partial charge in [0.1, 0.15) is 6.04 Å². The number of amides is 2. The van der Waals surface area contributed by atoms with E-state index in [9.17, 15) is 9.59 Å². The molecule has 2 aromatic rings. The third kappa shape index (κ3) is 3.63. The van der Waals surface area contributed by atoms with Crippen LogP contribution in [-0.2, 0) is 16.1 Å². The SMILES string of the molecule is NC(C(=O)NCc1ccc(N2CCCC2=O)cc1)c1ccccc1. The quantitative estimate of drug-likeness (QED) is 0.885. The zero-order valence-electron chi connectivity index (χ0n) is 13.4. The summed E-state index contributed by atoms with van der Waals surface area (Å²) in [6, 6.07) is 16.3. The molecule has 0 saturated carbocycles. The minimum Gasteiger partial charge on any atom is -0.350 e. The molecule has 2 aromatic carbocycles. The number of anilines is 1. The van der Waals surface area contributed by atoms with Crippen molar-refractivity contribution < 1.29 is 9.59 Å². The number of benzene rings is 2. The molecule has 5 nitrogen and oxygen atoms in total. The highest BCUT2D eigenvalue weighted by Gasteiger charge is 2.21. The fourth-order valence-electron chi connectivity index (χ4n) is 2.83. The third-order valence-corrected chi connectivity index (χ3v) is 4.23. The Morgan fingerprint density at radius 3 is 2.46 bits per heavy atom. The summed E-state index contributed by atoms with van der Waals surface area (Å²) in [7, 11) is 0. The van der Waals surface area contributed by atoms with Gasteiger partial charge < -0.3 is 16.0 Å². The Hall–Kier alpha value is -2.66. The Morgan fingerprint density at radius 2 is 1.83 bits per heavy atom. The monoisotopic (exact) mass is 323 g/mol. The zero-order chi connectivity index (χ0) is 16.9. The first-order valence-electron chi connectivity index (χ1n) is 8.13. The maximum atomic E-state index is 12.1. The van der Waals surface area contributed by atoms with Crippen molar-refractivity contribution in [3.05, 3.63) is 65.7 Å². The van der Waals surface area contributed by atoms with Gasteiger partial charge in [-0.1, -0.05) is 42.5 Å². The van der Waals surface area contributed by atoms with E-state index < -0.39 is 6.04 Å². The molecule has 1 fully saturated rings. The van der Waals surface area contributed by atoms with Crippen LogP contribution in [0.1, 0.15) is 30.0 Å². The molecule has 0 radical (unpaired) electrons. The lowest BCUT2D eigenvalue weighted by Crippen LogP contribution is -2.33. The van der Waals surface area contributed by atoms with Gasteiger partial charge in [0, 0.05) is 25.2 Å². The van der Waals surface area contributed by atoms with E-state index in [1.165, 1.54) is 0 Å². The summed E-state index contributed by atoms with van der Waals surface area (Å²) in [6.07, 6.45) is 1.53. The van der Waals surface area contributed by atoms with Gasteiger partial charge in [-0.05, 0) is 29.7 Å². The number of nitrogens with two attached hydrogens (primary N) is 1. The van der Waals surface area contributed by atoms with E-state index in [1.807, 2.05) is 54.6 Å². The smallest absolute Gasteiger partial charge is 0.241 e. The summed E-state index contributed by atoms with van der Waals surface area (Å²) in [4.78, 5) is 25.7. The molecule has 0 bridgehead atoms. The lowest BCUT2D eigenvalue weighted by Gasteiger charge is -2.16. The molecule has 3 rings (SSSR count). The van der Waals surface area contributed by atoms with Crippen LogP contribution < -0.4 is 16.0 Å². The second-order valence-corrected chi connectivity index (χ2v) is 5.92. The first-order valence-corrected chi connectivity index (χ1v) is 8.13. The van der Waals surface area contributed by atoms with Crippen molar-refractivity contribution >= 4 is 17.5 Å². The lowest BCUT2D eigenvalue weighted by atomic mass is 10.1. The molecule has 0 aromatic heterocycles. The molecule has 3 N–H and O–H groups in total.